The van der Waals surface area contributed by atoms with Crippen molar-refractivity contribution in [2.75, 3.05) is 5.32 Å². The van der Waals surface area contributed by atoms with Crippen LogP contribution in [0.3, 0.4) is 0 Å². The first-order valence-electron chi connectivity index (χ1n) is 7.35. The van der Waals surface area contributed by atoms with Crippen LogP contribution in [0.1, 0.15) is 38.5 Å². The van der Waals surface area contributed by atoms with Crippen molar-refractivity contribution in [3.63, 3.8) is 0 Å². The molecule has 0 spiro atoms. The van der Waals surface area contributed by atoms with Crippen molar-refractivity contribution >= 4 is 33.4 Å². The topological polar surface area (TPSA) is 62.3 Å². The van der Waals surface area contributed by atoms with E-state index in [4.69, 9.17) is 0 Å². The van der Waals surface area contributed by atoms with E-state index in [2.05, 4.69) is 26.2 Å². The summed E-state index contributed by atoms with van der Waals surface area (Å²) in [5, 5.41) is 3.47. The van der Waals surface area contributed by atoms with E-state index in [-0.39, 0.29) is 17.9 Å². The van der Waals surface area contributed by atoms with Gasteiger partial charge in [-0.05, 0) is 47.7 Å². The maximum Gasteiger partial charge on any atom is 0.229 e. The van der Waals surface area contributed by atoms with E-state index >= 15 is 0 Å². The number of carbonyl (C=O) groups excluding carboxylic acids is 2. The van der Waals surface area contributed by atoms with Crippen molar-refractivity contribution < 1.29 is 9.59 Å². The molecule has 3 rings (SSSR count). The van der Waals surface area contributed by atoms with Crippen LogP contribution in [-0.4, -0.2) is 33.8 Å². The lowest BCUT2D eigenvalue weighted by Crippen LogP contribution is -2.43. The normalized spacial score (nSPS) is 26.2. The third-order valence-corrected chi connectivity index (χ3v) is 4.66. The predicted molar refractivity (Wildman–Crippen MR) is 82.7 cm³/mol. The molecule has 1 aromatic rings. The summed E-state index contributed by atoms with van der Waals surface area (Å²) in [6.45, 7) is 0. The zero-order chi connectivity index (χ0) is 14.8. The number of rotatable bonds is 3. The minimum atomic E-state index is 0.00704. The van der Waals surface area contributed by atoms with Gasteiger partial charge in [0.05, 0.1) is 11.9 Å². The standard InChI is InChI=1S/C15H18BrN3O2/c16-10-7-12(9-17-8-10)18-11-1-3-13(4-2-11)19-14(20)5-6-15(19)21/h7-9,11,13,18H,1-6H2. The minimum absolute atomic E-state index is 0.00704. The average Bonchev–Trinajstić information content (AvgIpc) is 2.79. The molecule has 2 fully saturated rings. The molecule has 2 amide bonds. The minimum Gasteiger partial charge on any atom is -0.381 e. The monoisotopic (exact) mass is 351 g/mol. The summed E-state index contributed by atoms with van der Waals surface area (Å²) in [5.74, 6) is 0.0141. The summed E-state index contributed by atoms with van der Waals surface area (Å²) in [4.78, 5) is 29.2. The maximum atomic E-state index is 11.8. The molecule has 1 saturated carbocycles. The van der Waals surface area contributed by atoms with E-state index in [0.717, 1.165) is 35.8 Å². The largest absolute Gasteiger partial charge is 0.381 e. The number of aromatic nitrogens is 1. The van der Waals surface area contributed by atoms with Gasteiger partial charge in [-0.15, -0.1) is 0 Å². The number of halogens is 1. The van der Waals surface area contributed by atoms with Crippen LogP contribution in [0.15, 0.2) is 22.9 Å². The molecule has 1 N–H and O–H groups in total. The lowest BCUT2D eigenvalue weighted by Gasteiger charge is -2.34. The highest BCUT2D eigenvalue weighted by Crippen LogP contribution is 2.29. The quantitative estimate of drug-likeness (QED) is 0.850. The van der Waals surface area contributed by atoms with Gasteiger partial charge in [-0.2, -0.15) is 0 Å². The first-order valence-corrected chi connectivity index (χ1v) is 8.15. The Morgan fingerprint density at radius 1 is 1.10 bits per heavy atom. The fourth-order valence-corrected chi connectivity index (χ4v) is 3.57. The SMILES string of the molecule is O=C1CCC(=O)N1C1CCC(Nc2cncc(Br)c2)CC1. The van der Waals surface area contributed by atoms with Crippen molar-refractivity contribution in [1.82, 2.24) is 9.88 Å². The molecule has 0 bridgehead atoms. The molecule has 2 aliphatic rings. The summed E-state index contributed by atoms with van der Waals surface area (Å²) in [6, 6.07) is 2.49. The first-order chi connectivity index (χ1) is 10.1. The van der Waals surface area contributed by atoms with Gasteiger partial charge in [0.25, 0.3) is 0 Å². The summed E-state index contributed by atoms with van der Waals surface area (Å²) in [7, 11) is 0. The first kappa shape index (κ1) is 14.5. The number of carbonyl (C=O) groups is 2. The molecule has 1 aliphatic carbocycles. The highest BCUT2D eigenvalue weighted by atomic mass is 79.9. The van der Waals surface area contributed by atoms with E-state index in [1.807, 2.05) is 12.3 Å². The number of imide groups is 1. The van der Waals surface area contributed by atoms with Crippen LogP contribution in [0, 0.1) is 0 Å². The number of pyridine rings is 1. The van der Waals surface area contributed by atoms with Crippen LogP contribution in [0.5, 0.6) is 0 Å². The zero-order valence-corrected chi connectivity index (χ0v) is 13.3. The van der Waals surface area contributed by atoms with Crippen molar-refractivity contribution in [3.8, 4) is 0 Å². The number of amides is 2. The lowest BCUT2D eigenvalue weighted by molar-refractivity contribution is -0.141. The van der Waals surface area contributed by atoms with Crippen LogP contribution in [0.4, 0.5) is 5.69 Å². The van der Waals surface area contributed by atoms with Gasteiger partial charge in [0.15, 0.2) is 0 Å². The van der Waals surface area contributed by atoms with Crippen LogP contribution in [-0.2, 0) is 9.59 Å². The van der Waals surface area contributed by atoms with Gasteiger partial charge in [-0.1, -0.05) is 0 Å². The molecule has 0 radical (unpaired) electrons. The average molecular weight is 352 g/mol. The summed E-state index contributed by atoms with van der Waals surface area (Å²) in [5.41, 5.74) is 1.00. The number of nitrogens with zero attached hydrogens (tertiary/aromatic N) is 2. The fourth-order valence-electron chi connectivity index (χ4n) is 3.21. The summed E-state index contributed by atoms with van der Waals surface area (Å²) < 4.78 is 0.953. The predicted octanol–water partition coefficient (Wildman–Crippen LogP) is 2.72. The van der Waals surface area contributed by atoms with Crippen molar-refractivity contribution in [2.45, 2.75) is 50.6 Å². The molecule has 0 atom stereocenters. The highest BCUT2D eigenvalue weighted by molar-refractivity contribution is 9.10. The summed E-state index contributed by atoms with van der Waals surface area (Å²) in [6.07, 6.45) is 8.05. The number of anilines is 1. The van der Waals surface area contributed by atoms with Gasteiger partial charge in [0.2, 0.25) is 11.8 Å². The van der Waals surface area contributed by atoms with Crippen LogP contribution in [0.25, 0.3) is 0 Å². The number of hydrogen-bond donors (Lipinski definition) is 1. The van der Waals surface area contributed by atoms with Crippen LogP contribution >= 0.6 is 15.9 Å². The molecule has 21 heavy (non-hydrogen) atoms. The molecule has 2 heterocycles. The molecule has 1 saturated heterocycles. The Balaban J connectivity index is 1.55. The molecule has 0 unspecified atom stereocenters. The zero-order valence-electron chi connectivity index (χ0n) is 11.7. The highest BCUT2D eigenvalue weighted by Gasteiger charge is 2.36. The van der Waals surface area contributed by atoms with Gasteiger partial charge in [-0.3, -0.25) is 19.5 Å². The Bertz CT molecular complexity index is 540. The van der Waals surface area contributed by atoms with E-state index in [0.29, 0.717) is 18.9 Å². The van der Waals surface area contributed by atoms with Gasteiger partial charge in [0, 0.05) is 35.6 Å². The van der Waals surface area contributed by atoms with E-state index in [9.17, 15) is 9.59 Å². The Kier molecular flexibility index (Phi) is 4.24. The summed E-state index contributed by atoms with van der Waals surface area (Å²) >= 11 is 3.41. The smallest absolute Gasteiger partial charge is 0.229 e. The second kappa shape index (κ2) is 6.13. The molecule has 6 heteroatoms. The second-order valence-corrected chi connectivity index (χ2v) is 6.61. The molecule has 1 aliphatic heterocycles. The van der Waals surface area contributed by atoms with E-state index < -0.39 is 0 Å². The maximum absolute atomic E-state index is 11.8. The number of nitrogens with one attached hydrogen (secondary N) is 1. The van der Waals surface area contributed by atoms with Crippen LogP contribution < -0.4 is 5.32 Å². The molecule has 1 aromatic heterocycles. The van der Waals surface area contributed by atoms with Gasteiger partial charge < -0.3 is 5.32 Å². The Morgan fingerprint density at radius 3 is 2.38 bits per heavy atom. The Labute approximate surface area is 132 Å². The molecule has 112 valence electrons. The van der Waals surface area contributed by atoms with Crippen molar-refractivity contribution in [2.24, 2.45) is 0 Å². The third kappa shape index (κ3) is 3.26. The Hall–Kier alpha value is -1.43. The van der Waals surface area contributed by atoms with Gasteiger partial charge in [-0.25, -0.2) is 0 Å². The van der Waals surface area contributed by atoms with E-state index in [1.54, 1.807) is 6.20 Å². The van der Waals surface area contributed by atoms with Gasteiger partial charge in [0.1, 0.15) is 0 Å². The van der Waals surface area contributed by atoms with Crippen molar-refractivity contribution in [3.05, 3.63) is 22.9 Å². The molecular formula is C15H18BrN3O2. The lowest BCUT2D eigenvalue weighted by atomic mass is 9.90. The second-order valence-electron chi connectivity index (χ2n) is 5.70. The number of hydrogen-bond acceptors (Lipinski definition) is 4. The van der Waals surface area contributed by atoms with Gasteiger partial charge >= 0.3 is 0 Å². The van der Waals surface area contributed by atoms with E-state index in [1.165, 1.54) is 4.90 Å². The molecule has 5 nitrogen and oxygen atoms in total. The fraction of sp³-hybridized carbons (Fsp3) is 0.533. The third-order valence-electron chi connectivity index (χ3n) is 4.23. The molecular weight excluding hydrogens is 334 g/mol. The molecule has 0 aromatic carbocycles. The number of likely N-dealkylation sites (tertiary alicyclic amines) is 1. The Morgan fingerprint density at radius 2 is 1.76 bits per heavy atom. The van der Waals surface area contributed by atoms with Crippen LogP contribution in [0.2, 0.25) is 0 Å². The van der Waals surface area contributed by atoms with Crippen molar-refractivity contribution in [1.29, 1.82) is 0 Å².